The fraction of sp³-hybridized carbons (Fsp3) is 0.480. The molecule has 2 amide bonds. The number of carbonyl (C=O) groups excluding carboxylic acids is 2. The molecule has 1 aromatic heterocycles. The maximum Gasteiger partial charge on any atom is 0.256 e. The van der Waals surface area contributed by atoms with Crippen molar-refractivity contribution in [2.24, 2.45) is 5.92 Å². The van der Waals surface area contributed by atoms with Gasteiger partial charge in [-0.05, 0) is 49.3 Å². The van der Waals surface area contributed by atoms with Gasteiger partial charge in [0.2, 0.25) is 5.43 Å². The van der Waals surface area contributed by atoms with E-state index in [1.165, 1.54) is 24.5 Å². The molecule has 1 aliphatic rings. The molecule has 0 radical (unpaired) electrons. The summed E-state index contributed by atoms with van der Waals surface area (Å²) in [6.07, 6.45) is 6.01. The average molecular weight is 458 g/mol. The normalized spacial score (nSPS) is 15.6. The molecule has 8 heteroatoms. The summed E-state index contributed by atoms with van der Waals surface area (Å²) in [6, 6.07) is 6.14. The van der Waals surface area contributed by atoms with Crippen molar-refractivity contribution in [3.63, 3.8) is 0 Å². The standard InChI is InChI=1S/C25H32FN3O4/c1-17(2)8-10-27-24(31)21-15-29(14-20-7-4-12-33-20)16-22(23(21)30)25(32)28-11-9-18-5-3-6-19(26)13-18/h3,5-6,13,15-17,20H,4,7-12,14H2,1-2H3,(H,27,31)(H,28,32)/t20-/m0/s1. The van der Waals surface area contributed by atoms with E-state index in [-0.39, 0.29) is 29.6 Å². The van der Waals surface area contributed by atoms with Crippen molar-refractivity contribution in [2.45, 2.75) is 52.2 Å². The van der Waals surface area contributed by atoms with Gasteiger partial charge in [-0.25, -0.2) is 4.39 Å². The van der Waals surface area contributed by atoms with Gasteiger partial charge in [-0.3, -0.25) is 14.4 Å². The summed E-state index contributed by atoms with van der Waals surface area (Å²) in [5.74, 6) is -0.978. The van der Waals surface area contributed by atoms with E-state index >= 15 is 0 Å². The molecule has 3 rings (SSSR count). The number of nitrogens with one attached hydrogen (secondary N) is 2. The van der Waals surface area contributed by atoms with Crippen LogP contribution in [0.25, 0.3) is 0 Å². The maximum atomic E-state index is 13.4. The second kappa shape index (κ2) is 11.7. The van der Waals surface area contributed by atoms with E-state index in [0.717, 1.165) is 24.8 Å². The van der Waals surface area contributed by atoms with Gasteiger partial charge in [0.25, 0.3) is 11.8 Å². The Labute approximate surface area is 193 Å². The molecule has 178 valence electrons. The molecule has 2 aromatic rings. The summed E-state index contributed by atoms with van der Waals surface area (Å²) in [5.41, 5.74) is -0.0217. The van der Waals surface area contributed by atoms with Crippen LogP contribution in [0.1, 0.15) is 59.4 Å². The number of ether oxygens (including phenoxy) is 1. The molecule has 0 bridgehead atoms. The number of amides is 2. The van der Waals surface area contributed by atoms with Crippen molar-refractivity contribution < 1.29 is 18.7 Å². The van der Waals surface area contributed by atoms with E-state index in [4.69, 9.17) is 4.74 Å². The minimum absolute atomic E-state index is 0.0201. The van der Waals surface area contributed by atoms with Gasteiger partial charge >= 0.3 is 0 Å². The van der Waals surface area contributed by atoms with Crippen LogP contribution in [-0.4, -0.2) is 42.2 Å². The van der Waals surface area contributed by atoms with E-state index in [2.05, 4.69) is 24.5 Å². The first-order valence-corrected chi connectivity index (χ1v) is 11.5. The van der Waals surface area contributed by atoms with E-state index in [9.17, 15) is 18.8 Å². The highest BCUT2D eigenvalue weighted by Crippen LogP contribution is 2.14. The van der Waals surface area contributed by atoms with Crippen LogP contribution in [0.3, 0.4) is 0 Å². The third kappa shape index (κ3) is 7.25. The second-order valence-corrected chi connectivity index (χ2v) is 8.82. The number of pyridine rings is 1. The Morgan fingerprint density at radius 1 is 1.15 bits per heavy atom. The van der Waals surface area contributed by atoms with Crippen LogP contribution in [0, 0.1) is 11.7 Å². The van der Waals surface area contributed by atoms with Crippen LogP contribution in [0.4, 0.5) is 4.39 Å². The molecule has 0 saturated carbocycles. The Kier molecular flexibility index (Phi) is 8.77. The zero-order valence-corrected chi connectivity index (χ0v) is 19.2. The zero-order valence-electron chi connectivity index (χ0n) is 19.2. The lowest BCUT2D eigenvalue weighted by Crippen LogP contribution is -2.36. The quantitative estimate of drug-likeness (QED) is 0.574. The number of hydrogen-bond donors (Lipinski definition) is 2. The van der Waals surface area contributed by atoms with Gasteiger partial charge in [-0.2, -0.15) is 0 Å². The van der Waals surface area contributed by atoms with Gasteiger partial charge < -0.3 is 19.9 Å². The van der Waals surface area contributed by atoms with Gasteiger partial charge in [-0.15, -0.1) is 0 Å². The maximum absolute atomic E-state index is 13.4. The van der Waals surface area contributed by atoms with Gasteiger partial charge in [-0.1, -0.05) is 26.0 Å². The molecule has 1 saturated heterocycles. The highest BCUT2D eigenvalue weighted by atomic mass is 19.1. The van der Waals surface area contributed by atoms with E-state index < -0.39 is 17.2 Å². The second-order valence-electron chi connectivity index (χ2n) is 8.82. The van der Waals surface area contributed by atoms with Crippen LogP contribution < -0.4 is 16.1 Å². The largest absolute Gasteiger partial charge is 0.376 e. The number of aromatic nitrogens is 1. The van der Waals surface area contributed by atoms with Crippen molar-refractivity contribution in [3.8, 4) is 0 Å². The summed E-state index contributed by atoms with van der Waals surface area (Å²) in [4.78, 5) is 38.5. The van der Waals surface area contributed by atoms with Crippen LogP contribution in [-0.2, 0) is 17.7 Å². The molecule has 0 aliphatic carbocycles. The van der Waals surface area contributed by atoms with E-state index in [1.54, 1.807) is 16.7 Å². The van der Waals surface area contributed by atoms with Crippen molar-refractivity contribution >= 4 is 11.8 Å². The van der Waals surface area contributed by atoms with Crippen LogP contribution in [0.15, 0.2) is 41.5 Å². The monoisotopic (exact) mass is 457 g/mol. The first kappa shape index (κ1) is 24.6. The predicted octanol–water partition coefficient (Wildman–Crippen LogP) is 2.91. The number of carbonyl (C=O) groups is 2. The fourth-order valence-electron chi connectivity index (χ4n) is 3.76. The Hall–Kier alpha value is -3.00. The number of hydrogen-bond acceptors (Lipinski definition) is 4. The number of rotatable bonds is 10. The van der Waals surface area contributed by atoms with E-state index in [1.807, 2.05) is 0 Å². The fourth-order valence-corrected chi connectivity index (χ4v) is 3.76. The summed E-state index contributed by atoms with van der Waals surface area (Å²) in [6.45, 7) is 5.92. The molecule has 1 fully saturated rings. The van der Waals surface area contributed by atoms with Crippen molar-refractivity contribution in [1.82, 2.24) is 15.2 Å². The molecule has 2 N–H and O–H groups in total. The molecule has 2 heterocycles. The molecule has 0 spiro atoms. The Morgan fingerprint density at radius 2 is 1.85 bits per heavy atom. The first-order valence-electron chi connectivity index (χ1n) is 11.5. The summed E-state index contributed by atoms with van der Waals surface area (Å²) in [5, 5.41) is 5.49. The van der Waals surface area contributed by atoms with Crippen LogP contribution in [0.2, 0.25) is 0 Å². The molecule has 1 atom stereocenters. The first-order chi connectivity index (χ1) is 15.8. The number of nitrogens with zero attached hydrogens (tertiary/aromatic N) is 1. The number of halogens is 1. The summed E-state index contributed by atoms with van der Waals surface area (Å²) < 4.78 is 20.7. The number of benzene rings is 1. The summed E-state index contributed by atoms with van der Waals surface area (Å²) in [7, 11) is 0. The SMILES string of the molecule is CC(C)CCNC(=O)c1cn(C[C@@H]2CCCO2)cc(C(=O)NCCc2cccc(F)c2)c1=O. The minimum atomic E-state index is -0.608. The van der Waals surface area contributed by atoms with Gasteiger partial charge in [0.05, 0.1) is 6.10 Å². The van der Waals surface area contributed by atoms with Gasteiger partial charge in [0.1, 0.15) is 16.9 Å². The lowest BCUT2D eigenvalue weighted by molar-refractivity contribution is 0.0925. The van der Waals surface area contributed by atoms with Crippen molar-refractivity contribution in [1.29, 1.82) is 0 Å². The molecular formula is C25H32FN3O4. The minimum Gasteiger partial charge on any atom is -0.376 e. The molecule has 33 heavy (non-hydrogen) atoms. The molecule has 0 unspecified atom stereocenters. The predicted molar refractivity (Wildman–Crippen MR) is 124 cm³/mol. The third-order valence-electron chi connectivity index (χ3n) is 5.60. The zero-order chi connectivity index (χ0) is 23.8. The lowest BCUT2D eigenvalue weighted by atomic mass is 10.1. The molecule has 7 nitrogen and oxygen atoms in total. The molecule has 1 aromatic carbocycles. The molecule has 1 aliphatic heterocycles. The Balaban J connectivity index is 1.76. The van der Waals surface area contributed by atoms with E-state index in [0.29, 0.717) is 32.0 Å². The molecular weight excluding hydrogens is 425 g/mol. The van der Waals surface area contributed by atoms with Crippen LogP contribution >= 0.6 is 0 Å². The third-order valence-corrected chi connectivity index (χ3v) is 5.60. The van der Waals surface area contributed by atoms with Crippen LogP contribution in [0.5, 0.6) is 0 Å². The van der Waals surface area contributed by atoms with Gasteiger partial charge in [0, 0.05) is 38.6 Å². The average Bonchev–Trinajstić information content (AvgIpc) is 3.27. The smallest absolute Gasteiger partial charge is 0.256 e. The van der Waals surface area contributed by atoms with Crippen molar-refractivity contribution in [2.75, 3.05) is 19.7 Å². The topological polar surface area (TPSA) is 89.4 Å². The van der Waals surface area contributed by atoms with Crippen molar-refractivity contribution in [3.05, 3.63) is 69.4 Å². The summed E-state index contributed by atoms with van der Waals surface area (Å²) >= 11 is 0. The van der Waals surface area contributed by atoms with Gasteiger partial charge in [0.15, 0.2) is 0 Å². The Morgan fingerprint density at radius 3 is 2.45 bits per heavy atom. The Bertz CT molecular complexity index is 1030. The highest BCUT2D eigenvalue weighted by molar-refractivity contribution is 5.99. The highest BCUT2D eigenvalue weighted by Gasteiger charge is 2.22. The lowest BCUT2D eigenvalue weighted by Gasteiger charge is -2.16.